The summed E-state index contributed by atoms with van der Waals surface area (Å²) >= 11 is 0. The van der Waals surface area contributed by atoms with Crippen LogP contribution in [0.4, 0.5) is 0 Å². The van der Waals surface area contributed by atoms with Crippen molar-refractivity contribution in [1.82, 2.24) is 0 Å². The molecule has 1 heteroatoms. The predicted molar refractivity (Wildman–Crippen MR) is 67.6 cm³/mol. The summed E-state index contributed by atoms with van der Waals surface area (Å²) in [6, 6.07) is 10.3. The van der Waals surface area contributed by atoms with Gasteiger partial charge in [-0.3, -0.25) is 0 Å². The molecule has 0 bridgehead atoms. The summed E-state index contributed by atoms with van der Waals surface area (Å²) < 4.78 is 0. The van der Waals surface area contributed by atoms with Gasteiger partial charge in [-0.1, -0.05) is 72.4 Å². The van der Waals surface area contributed by atoms with Gasteiger partial charge in [-0.25, -0.2) is 0 Å². The first-order valence-corrected chi connectivity index (χ1v) is 5.13. The topological polar surface area (TPSA) is 0 Å². The third-order valence-corrected chi connectivity index (χ3v) is 2.27. The van der Waals surface area contributed by atoms with Gasteiger partial charge < -0.3 is 6.92 Å². The van der Waals surface area contributed by atoms with Gasteiger partial charge in [0.05, 0.1) is 0 Å². The van der Waals surface area contributed by atoms with E-state index in [4.69, 9.17) is 0 Å². The summed E-state index contributed by atoms with van der Waals surface area (Å²) in [5.74, 6) is 0.167. The molecule has 0 aromatic heterocycles. The van der Waals surface area contributed by atoms with Crippen molar-refractivity contribution in [2.45, 2.75) is 12.8 Å². The number of hydrogen-bond donors (Lipinski definition) is 0. The normalized spacial score (nSPS) is 13.2. The van der Waals surface area contributed by atoms with Crippen LogP contribution in [0.1, 0.15) is 18.4 Å². The molecule has 0 spiro atoms. The second-order valence-electron chi connectivity index (χ2n) is 3.37. The molecule has 16 heavy (non-hydrogen) atoms. The van der Waals surface area contributed by atoms with Crippen LogP contribution in [0.25, 0.3) is 0 Å². The maximum absolute atomic E-state index is 4.18. The summed E-state index contributed by atoms with van der Waals surface area (Å²) in [7, 11) is 0. The van der Waals surface area contributed by atoms with E-state index in [0.717, 1.165) is 0 Å². The van der Waals surface area contributed by atoms with Crippen LogP contribution in [0.3, 0.4) is 0 Å². The molecule has 0 radical (unpaired) electrons. The molecule has 0 aliphatic carbocycles. The van der Waals surface area contributed by atoms with E-state index in [0.29, 0.717) is 0 Å². The van der Waals surface area contributed by atoms with Crippen LogP contribution in [-0.4, -0.2) is 0 Å². The minimum absolute atomic E-state index is 0. The smallest absolute Gasteiger partial charge is 0 e. The van der Waals surface area contributed by atoms with Gasteiger partial charge in [0.2, 0.25) is 0 Å². The van der Waals surface area contributed by atoms with E-state index in [1.165, 1.54) is 11.1 Å². The molecule has 0 saturated carbocycles. The van der Waals surface area contributed by atoms with Gasteiger partial charge in [0.25, 0.3) is 0 Å². The molecule has 0 heterocycles. The first-order valence-electron chi connectivity index (χ1n) is 5.13. The Morgan fingerprint density at radius 2 is 1.94 bits per heavy atom. The standard InChI is InChI=1S/C15H17.W/c1-4-9-14(10-5-2)13(3)15-11-7-6-8-12-15;/h4-13H,1,3H2,2H3;/q-1;/b10-5-,14-9+;. The van der Waals surface area contributed by atoms with E-state index in [1.54, 1.807) is 6.08 Å². The van der Waals surface area contributed by atoms with Crippen LogP contribution in [0.5, 0.6) is 0 Å². The fraction of sp³-hybridized carbons (Fsp3) is 0.133. The van der Waals surface area contributed by atoms with E-state index in [-0.39, 0.29) is 27.0 Å². The van der Waals surface area contributed by atoms with E-state index < -0.39 is 0 Å². The van der Waals surface area contributed by atoms with E-state index in [2.05, 4.69) is 31.7 Å². The third-order valence-electron chi connectivity index (χ3n) is 2.27. The molecule has 1 unspecified atom stereocenters. The SMILES string of the molecule is C=C/C=C(\C=C/C)C([CH2-])c1ccccc1.[W]. The zero-order valence-corrected chi connectivity index (χ0v) is 12.5. The first kappa shape index (κ1) is 15.1. The molecule has 0 amide bonds. The van der Waals surface area contributed by atoms with Gasteiger partial charge in [0.15, 0.2) is 0 Å². The Balaban J connectivity index is 0.00000225. The Kier molecular flexibility index (Phi) is 7.85. The van der Waals surface area contributed by atoms with Gasteiger partial charge in [0.1, 0.15) is 0 Å². The minimum atomic E-state index is 0. The quantitative estimate of drug-likeness (QED) is 0.539. The molecule has 0 nitrogen and oxygen atoms in total. The fourth-order valence-electron chi connectivity index (χ4n) is 1.49. The van der Waals surface area contributed by atoms with Gasteiger partial charge in [-0.05, 0) is 6.92 Å². The van der Waals surface area contributed by atoms with Crippen molar-refractivity contribution in [2.24, 2.45) is 0 Å². The molecule has 0 N–H and O–H groups in total. The Morgan fingerprint density at radius 3 is 2.44 bits per heavy atom. The van der Waals surface area contributed by atoms with Gasteiger partial charge in [0, 0.05) is 21.1 Å². The Bertz CT molecular complexity index is 360. The maximum Gasteiger partial charge on any atom is 0 e. The maximum atomic E-state index is 4.18. The molecular weight excluding hydrogens is 364 g/mol. The summed E-state index contributed by atoms with van der Waals surface area (Å²) in [6.45, 7) is 9.91. The van der Waals surface area contributed by atoms with Crippen molar-refractivity contribution >= 4 is 0 Å². The molecular formula is C15H17W-. The number of hydrogen-bond acceptors (Lipinski definition) is 0. The van der Waals surface area contributed by atoms with Crippen LogP contribution in [0.2, 0.25) is 0 Å². The molecule has 0 saturated heterocycles. The van der Waals surface area contributed by atoms with Crippen molar-refractivity contribution in [2.75, 3.05) is 0 Å². The van der Waals surface area contributed by atoms with Crippen molar-refractivity contribution in [1.29, 1.82) is 0 Å². The Labute approximate surface area is 113 Å². The average Bonchev–Trinajstić information content (AvgIpc) is 2.29. The summed E-state index contributed by atoms with van der Waals surface area (Å²) in [4.78, 5) is 0. The number of benzene rings is 1. The molecule has 1 aromatic carbocycles. The molecule has 0 aliphatic rings. The average molecular weight is 381 g/mol. The third kappa shape index (κ3) is 4.33. The van der Waals surface area contributed by atoms with Gasteiger partial charge in [-0.15, -0.1) is 5.92 Å². The molecule has 1 atom stereocenters. The predicted octanol–water partition coefficient (Wildman–Crippen LogP) is 4.29. The zero-order chi connectivity index (χ0) is 11.1. The zero-order valence-electron chi connectivity index (χ0n) is 9.60. The van der Waals surface area contributed by atoms with Crippen LogP contribution in [-0.2, 0) is 21.1 Å². The fourth-order valence-corrected chi connectivity index (χ4v) is 1.49. The summed E-state index contributed by atoms with van der Waals surface area (Å²) in [5, 5.41) is 0. The minimum Gasteiger partial charge on any atom is -0.332 e. The van der Waals surface area contributed by atoms with Crippen LogP contribution >= 0.6 is 0 Å². The molecule has 1 rings (SSSR count). The molecule has 0 aliphatic heterocycles. The van der Waals surface area contributed by atoms with Crippen molar-refractivity contribution in [3.8, 4) is 0 Å². The number of rotatable bonds is 4. The van der Waals surface area contributed by atoms with Crippen LogP contribution in [0, 0.1) is 6.92 Å². The number of allylic oxidation sites excluding steroid dienone is 5. The van der Waals surface area contributed by atoms with E-state index in [1.807, 2.05) is 37.3 Å². The largest absolute Gasteiger partial charge is 0.332 e. The summed E-state index contributed by atoms with van der Waals surface area (Å²) in [5.41, 5.74) is 2.41. The second-order valence-corrected chi connectivity index (χ2v) is 3.37. The second kappa shape index (κ2) is 8.30. The van der Waals surface area contributed by atoms with Crippen LogP contribution in [0.15, 0.2) is 66.8 Å². The van der Waals surface area contributed by atoms with Gasteiger partial charge in [-0.2, -0.15) is 0 Å². The van der Waals surface area contributed by atoms with E-state index >= 15 is 0 Å². The van der Waals surface area contributed by atoms with Crippen molar-refractivity contribution < 1.29 is 21.1 Å². The van der Waals surface area contributed by atoms with Crippen LogP contribution < -0.4 is 0 Å². The molecule has 84 valence electrons. The molecule has 1 aromatic rings. The summed E-state index contributed by atoms with van der Waals surface area (Å²) in [6.07, 6.45) is 7.91. The van der Waals surface area contributed by atoms with Gasteiger partial charge >= 0.3 is 0 Å². The molecule has 0 fully saturated rings. The monoisotopic (exact) mass is 381 g/mol. The Hall–Kier alpha value is -0.872. The van der Waals surface area contributed by atoms with Crippen molar-refractivity contribution in [3.63, 3.8) is 0 Å². The Morgan fingerprint density at radius 1 is 1.31 bits per heavy atom. The van der Waals surface area contributed by atoms with Crippen molar-refractivity contribution in [3.05, 3.63) is 79.3 Å². The van der Waals surface area contributed by atoms with E-state index in [9.17, 15) is 0 Å². The first-order chi connectivity index (χ1) is 7.29.